The average molecular weight is 313 g/mol. The highest BCUT2D eigenvalue weighted by Crippen LogP contribution is 2.30. The van der Waals surface area contributed by atoms with Crippen molar-refractivity contribution < 1.29 is 14.6 Å². The molecule has 0 aromatic heterocycles. The van der Waals surface area contributed by atoms with Crippen molar-refractivity contribution in [1.29, 1.82) is 0 Å². The number of anilines is 1. The predicted molar refractivity (Wildman–Crippen MR) is 65.2 cm³/mol. The largest absolute Gasteiger partial charge is 0.396 e. The molecule has 1 aromatic rings. The Hall–Kier alpha value is -0.360. The van der Waals surface area contributed by atoms with Gasteiger partial charge in [0.2, 0.25) is 0 Å². The third-order valence-corrected chi connectivity index (χ3v) is 2.89. The van der Waals surface area contributed by atoms with Crippen LogP contribution in [0.4, 0.5) is 10.1 Å². The zero-order valence-corrected chi connectivity index (χ0v) is 10.7. The van der Waals surface area contributed by atoms with Crippen LogP contribution < -0.4 is 5.73 Å². The molecule has 0 radical (unpaired) electrons. The molecule has 2 unspecified atom stereocenters. The van der Waals surface area contributed by atoms with Gasteiger partial charge in [-0.3, -0.25) is 0 Å². The van der Waals surface area contributed by atoms with E-state index < -0.39 is 18.0 Å². The Kier molecular flexibility index (Phi) is 4.98. The maximum Gasteiger partial charge on any atom is 0.147 e. The van der Waals surface area contributed by atoms with Crippen LogP contribution in [0.3, 0.4) is 0 Å². The van der Waals surface area contributed by atoms with E-state index in [0.29, 0.717) is 11.8 Å². The molecule has 0 amide bonds. The third-order valence-electron chi connectivity index (χ3n) is 2.21. The van der Waals surface area contributed by atoms with E-state index in [9.17, 15) is 14.6 Å². The summed E-state index contributed by atoms with van der Waals surface area (Å²) in [5.41, 5.74) is 5.39. The van der Waals surface area contributed by atoms with Crippen molar-refractivity contribution in [2.45, 2.75) is 18.6 Å². The molecule has 0 heterocycles. The first-order valence-electron chi connectivity index (χ1n) is 4.64. The van der Waals surface area contributed by atoms with E-state index in [2.05, 4.69) is 15.9 Å². The van der Waals surface area contributed by atoms with Crippen molar-refractivity contribution >= 4 is 33.2 Å². The Morgan fingerprint density at radius 3 is 2.62 bits per heavy atom. The second kappa shape index (κ2) is 5.82. The molecule has 0 saturated carbocycles. The van der Waals surface area contributed by atoms with Crippen LogP contribution in [0.25, 0.3) is 0 Å². The fourth-order valence-corrected chi connectivity index (χ4v) is 2.01. The van der Waals surface area contributed by atoms with Gasteiger partial charge in [-0.15, -0.1) is 0 Å². The summed E-state index contributed by atoms with van der Waals surface area (Å²) >= 11 is 8.79. The maximum atomic E-state index is 13.2. The number of hydrogen-bond donors (Lipinski definition) is 3. The summed E-state index contributed by atoms with van der Waals surface area (Å²) in [6.07, 6.45) is -1.93. The summed E-state index contributed by atoms with van der Waals surface area (Å²) in [5.74, 6) is -0.701. The topological polar surface area (TPSA) is 66.5 Å². The number of hydrogen-bond acceptors (Lipinski definition) is 3. The van der Waals surface area contributed by atoms with E-state index in [1.165, 1.54) is 6.07 Å². The molecule has 0 aliphatic heterocycles. The molecule has 0 spiro atoms. The Labute approximate surface area is 106 Å². The number of rotatable bonds is 4. The first kappa shape index (κ1) is 13.7. The Morgan fingerprint density at radius 1 is 1.44 bits per heavy atom. The van der Waals surface area contributed by atoms with E-state index in [0.717, 1.165) is 6.07 Å². The number of halogens is 3. The minimum atomic E-state index is -1.24. The van der Waals surface area contributed by atoms with Crippen LogP contribution in [-0.2, 0) is 0 Å². The fraction of sp³-hybridized carbons (Fsp3) is 0.400. The van der Waals surface area contributed by atoms with Gasteiger partial charge in [0.1, 0.15) is 11.9 Å². The van der Waals surface area contributed by atoms with Crippen molar-refractivity contribution in [2.75, 3.05) is 11.1 Å². The summed E-state index contributed by atoms with van der Waals surface area (Å²) in [4.78, 5) is 0. The number of aliphatic hydroxyl groups is 2. The van der Waals surface area contributed by atoms with Gasteiger partial charge in [0.25, 0.3) is 0 Å². The molecular formula is C10H12BrClFNO2. The zero-order valence-electron chi connectivity index (χ0n) is 8.33. The van der Waals surface area contributed by atoms with Crippen LogP contribution >= 0.6 is 27.5 Å². The van der Waals surface area contributed by atoms with Gasteiger partial charge in [-0.1, -0.05) is 27.5 Å². The van der Waals surface area contributed by atoms with Gasteiger partial charge in [0, 0.05) is 15.9 Å². The second-order valence-electron chi connectivity index (χ2n) is 3.38. The molecule has 16 heavy (non-hydrogen) atoms. The molecule has 2 atom stereocenters. The van der Waals surface area contributed by atoms with Crippen molar-refractivity contribution in [2.24, 2.45) is 0 Å². The molecule has 90 valence electrons. The number of nitrogens with two attached hydrogens (primary N) is 1. The fourth-order valence-electron chi connectivity index (χ4n) is 1.33. The summed E-state index contributed by atoms with van der Waals surface area (Å²) in [6, 6.07) is 2.41. The van der Waals surface area contributed by atoms with Gasteiger partial charge < -0.3 is 15.9 Å². The monoisotopic (exact) mass is 311 g/mol. The lowest BCUT2D eigenvalue weighted by molar-refractivity contribution is 0.0177. The van der Waals surface area contributed by atoms with Crippen LogP contribution in [0.5, 0.6) is 0 Å². The van der Waals surface area contributed by atoms with E-state index in [1.54, 1.807) is 0 Å². The molecule has 3 nitrogen and oxygen atoms in total. The first-order valence-corrected chi connectivity index (χ1v) is 6.13. The molecule has 0 fully saturated rings. The zero-order chi connectivity index (χ0) is 12.3. The minimum absolute atomic E-state index is 0.110. The van der Waals surface area contributed by atoms with Crippen LogP contribution in [0, 0.1) is 5.82 Å². The summed E-state index contributed by atoms with van der Waals surface area (Å²) in [5, 5.41) is 20.0. The standard InChI is InChI=1S/C10H12BrClFNO2/c11-2-1-8(15)10(16)6-3-5(12)4-7(13)9(6)14/h3-4,8,10,15-16H,1-2,14H2. The highest BCUT2D eigenvalue weighted by molar-refractivity contribution is 9.09. The number of alkyl halides is 1. The van der Waals surface area contributed by atoms with E-state index >= 15 is 0 Å². The van der Waals surface area contributed by atoms with Crippen LogP contribution in [0.2, 0.25) is 5.02 Å². The van der Waals surface area contributed by atoms with E-state index in [-0.39, 0.29) is 16.3 Å². The Morgan fingerprint density at radius 2 is 2.06 bits per heavy atom. The van der Waals surface area contributed by atoms with Gasteiger partial charge >= 0.3 is 0 Å². The molecule has 1 aromatic carbocycles. The van der Waals surface area contributed by atoms with Gasteiger partial charge in [-0.05, 0) is 18.6 Å². The lowest BCUT2D eigenvalue weighted by atomic mass is 10.0. The van der Waals surface area contributed by atoms with E-state index in [1.807, 2.05) is 0 Å². The van der Waals surface area contributed by atoms with Crippen molar-refractivity contribution in [3.05, 3.63) is 28.5 Å². The average Bonchev–Trinajstić information content (AvgIpc) is 2.22. The third kappa shape index (κ3) is 3.07. The van der Waals surface area contributed by atoms with Gasteiger partial charge in [0.15, 0.2) is 0 Å². The highest BCUT2D eigenvalue weighted by atomic mass is 79.9. The predicted octanol–water partition coefficient (Wildman–Crippen LogP) is 2.24. The second-order valence-corrected chi connectivity index (χ2v) is 4.61. The van der Waals surface area contributed by atoms with Crippen molar-refractivity contribution in [3.8, 4) is 0 Å². The van der Waals surface area contributed by atoms with E-state index in [4.69, 9.17) is 17.3 Å². The molecule has 0 bridgehead atoms. The Bertz CT molecular complexity index is 378. The lowest BCUT2D eigenvalue weighted by Gasteiger charge is -2.19. The first-order chi connectivity index (χ1) is 7.47. The highest BCUT2D eigenvalue weighted by Gasteiger charge is 2.22. The quantitative estimate of drug-likeness (QED) is 0.590. The minimum Gasteiger partial charge on any atom is -0.396 e. The SMILES string of the molecule is Nc1c(F)cc(Cl)cc1C(O)C(O)CCBr. The van der Waals surface area contributed by atoms with Gasteiger partial charge in [-0.2, -0.15) is 0 Å². The molecular weight excluding hydrogens is 300 g/mol. The van der Waals surface area contributed by atoms with Crippen LogP contribution in [0.15, 0.2) is 12.1 Å². The van der Waals surface area contributed by atoms with Gasteiger partial charge in [-0.25, -0.2) is 4.39 Å². The number of benzene rings is 1. The number of nitrogen functional groups attached to an aromatic ring is 1. The molecule has 0 aliphatic carbocycles. The molecule has 1 rings (SSSR count). The van der Waals surface area contributed by atoms with Crippen LogP contribution in [-0.4, -0.2) is 21.6 Å². The molecule has 0 saturated heterocycles. The summed E-state index contributed by atoms with van der Waals surface area (Å²) in [6.45, 7) is 0. The number of aliphatic hydroxyl groups excluding tert-OH is 2. The molecule has 6 heteroatoms. The maximum absolute atomic E-state index is 13.2. The van der Waals surface area contributed by atoms with Crippen molar-refractivity contribution in [3.63, 3.8) is 0 Å². The lowest BCUT2D eigenvalue weighted by Crippen LogP contribution is -2.20. The van der Waals surface area contributed by atoms with Crippen molar-refractivity contribution in [1.82, 2.24) is 0 Å². The normalized spacial score (nSPS) is 14.8. The van der Waals surface area contributed by atoms with Crippen LogP contribution in [0.1, 0.15) is 18.1 Å². The Balaban J connectivity index is 3.03. The molecule has 0 aliphatic rings. The smallest absolute Gasteiger partial charge is 0.147 e. The summed E-state index contributed by atoms with van der Waals surface area (Å²) < 4.78 is 13.2. The summed E-state index contributed by atoms with van der Waals surface area (Å²) in [7, 11) is 0. The molecule has 4 N–H and O–H groups in total. The van der Waals surface area contributed by atoms with Gasteiger partial charge in [0.05, 0.1) is 11.8 Å².